The van der Waals surface area contributed by atoms with Crippen LogP contribution in [0.2, 0.25) is 0 Å². The monoisotopic (exact) mass is 260 g/mol. The fourth-order valence-corrected chi connectivity index (χ4v) is 1.74. The van der Waals surface area contributed by atoms with Crippen LogP contribution in [0.25, 0.3) is 0 Å². The molecule has 2 rings (SSSR count). The van der Waals surface area contributed by atoms with Crippen LogP contribution in [0.4, 0.5) is 5.69 Å². The van der Waals surface area contributed by atoms with E-state index in [1.165, 1.54) is 0 Å². The number of benzene rings is 1. The zero-order chi connectivity index (χ0) is 13.0. The Balaban J connectivity index is 2.11. The molecule has 0 atom stereocenters. The normalized spacial score (nSPS) is 10.1. The third-order valence-corrected chi connectivity index (χ3v) is 2.81. The third kappa shape index (κ3) is 3.08. The van der Waals surface area contributed by atoms with E-state index in [9.17, 15) is 4.79 Å². The van der Waals surface area contributed by atoms with Gasteiger partial charge in [0.25, 0.3) is 5.91 Å². The van der Waals surface area contributed by atoms with E-state index in [1.807, 2.05) is 31.2 Å². The van der Waals surface area contributed by atoms with Crippen LogP contribution in [0, 0.1) is 6.92 Å². The average molecular weight is 261 g/mol. The summed E-state index contributed by atoms with van der Waals surface area (Å²) in [5, 5.41) is 2.81. The molecule has 0 aliphatic rings. The molecule has 2 aromatic rings. The molecule has 0 saturated heterocycles. The van der Waals surface area contributed by atoms with E-state index in [4.69, 9.17) is 11.6 Å². The Kier molecular flexibility index (Phi) is 3.95. The van der Waals surface area contributed by atoms with Gasteiger partial charge in [-0.25, -0.2) is 0 Å². The summed E-state index contributed by atoms with van der Waals surface area (Å²) in [6, 6.07) is 9.24. The standard InChI is InChI=1S/C14H13ClN2O/c1-10-6-12(9-16-8-10)14(18)17-13-4-2-11(7-15)3-5-13/h2-6,8-9H,7H2,1H3,(H,17,18). The quantitative estimate of drug-likeness (QED) is 0.860. The predicted molar refractivity (Wildman–Crippen MR) is 72.9 cm³/mol. The van der Waals surface area contributed by atoms with Crippen LogP contribution in [0.3, 0.4) is 0 Å². The van der Waals surface area contributed by atoms with Crippen molar-refractivity contribution in [3.05, 3.63) is 59.4 Å². The highest BCUT2D eigenvalue weighted by Gasteiger charge is 2.06. The zero-order valence-electron chi connectivity index (χ0n) is 9.98. The second kappa shape index (κ2) is 5.65. The molecule has 92 valence electrons. The maximum Gasteiger partial charge on any atom is 0.257 e. The Morgan fingerprint density at radius 3 is 2.61 bits per heavy atom. The van der Waals surface area contributed by atoms with Crippen LogP contribution in [0.15, 0.2) is 42.7 Å². The lowest BCUT2D eigenvalue weighted by Gasteiger charge is -2.06. The Bertz CT molecular complexity index is 552. The number of carbonyl (C=O) groups excluding carboxylic acids is 1. The zero-order valence-corrected chi connectivity index (χ0v) is 10.7. The van der Waals surface area contributed by atoms with Gasteiger partial charge in [0, 0.05) is 24.0 Å². The number of alkyl halides is 1. The number of anilines is 1. The second-order valence-electron chi connectivity index (χ2n) is 4.04. The lowest BCUT2D eigenvalue weighted by molar-refractivity contribution is 0.102. The molecule has 0 aliphatic heterocycles. The molecule has 1 aromatic heterocycles. The van der Waals surface area contributed by atoms with Crippen molar-refractivity contribution in [1.82, 2.24) is 4.98 Å². The number of halogens is 1. The van der Waals surface area contributed by atoms with Crippen LogP contribution < -0.4 is 5.32 Å². The SMILES string of the molecule is Cc1cncc(C(=O)Nc2ccc(CCl)cc2)c1. The molecule has 1 aromatic carbocycles. The fourth-order valence-electron chi connectivity index (χ4n) is 1.56. The highest BCUT2D eigenvalue weighted by atomic mass is 35.5. The van der Waals surface area contributed by atoms with Crippen LogP contribution in [0.5, 0.6) is 0 Å². The summed E-state index contributed by atoms with van der Waals surface area (Å²) in [5.74, 6) is 0.306. The first-order chi connectivity index (χ1) is 8.69. The first-order valence-electron chi connectivity index (χ1n) is 5.57. The van der Waals surface area contributed by atoms with E-state index in [0.29, 0.717) is 11.4 Å². The molecule has 0 saturated carbocycles. The van der Waals surface area contributed by atoms with E-state index < -0.39 is 0 Å². The van der Waals surface area contributed by atoms with Crippen LogP contribution >= 0.6 is 11.6 Å². The maximum absolute atomic E-state index is 11.9. The van der Waals surface area contributed by atoms with Crippen molar-refractivity contribution in [3.63, 3.8) is 0 Å². The Morgan fingerprint density at radius 1 is 1.28 bits per heavy atom. The molecule has 18 heavy (non-hydrogen) atoms. The number of aryl methyl sites for hydroxylation is 1. The van der Waals surface area contributed by atoms with Gasteiger partial charge < -0.3 is 5.32 Å². The average Bonchev–Trinajstić information content (AvgIpc) is 2.39. The first-order valence-corrected chi connectivity index (χ1v) is 6.10. The molecule has 0 unspecified atom stereocenters. The van der Waals surface area contributed by atoms with Crippen LogP contribution in [-0.2, 0) is 5.88 Å². The van der Waals surface area contributed by atoms with E-state index in [-0.39, 0.29) is 5.91 Å². The first kappa shape index (κ1) is 12.6. The van der Waals surface area contributed by atoms with E-state index in [0.717, 1.165) is 16.8 Å². The van der Waals surface area contributed by atoms with Crippen molar-refractivity contribution in [1.29, 1.82) is 0 Å². The maximum atomic E-state index is 11.9. The van der Waals surface area contributed by atoms with Crippen molar-refractivity contribution >= 4 is 23.2 Å². The molecule has 0 radical (unpaired) electrons. The van der Waals surface area contributed by atoms with Crippen molar-refractivity contribution in [2.24, 2.45) is 0 Å². The summed E-state index contributed by atoms with van der Waals surface area (Å²) in [7, 11) is 0. The van der Waals surface area contributed by atoms with Crippen molar-refractivity contribution < 1.29 is 4.79 Å². The lowest BCUT2D eigenvalue weighted by atomic mass is 10.2. The van der Waals surface area contributed by atoms with Crippen molar-refractivity contribution in [2.45, 2.75) is 12.8 Å². The van der Waals surface area contributed by atoms with Gasteiger partial charge >= 0.3 is 0 Å². The summed E-state index contributed by atoms with van der Waals surface area (Å²) < 4.78 is 0. The fraction of sp³-hybridized carbons (Fsp3) is 0.143. The van der Waals surface area contributed by atoms with Crippen LogP contribution in [0.1, 0.15) is 21.5 Å². The smallest absolute Gasteiger partial charge is 0.257 e. The number of pyridine rings is 1. The number of hydrogen-bond acceptors (Lipinski definition) is 2. The molecular formula is C14H13ClN2O. The molecule has 3 nitrogen and oxygen atoms in total. The topological polar surface area (TPSA) is 42.0 Å². The number of rotatable bonds is 3. The summed E-state index contributed by atoms with van der Waals surface area (Å²) in [6.45, 7) is 1.90. The van der Waals surface area contributed by atoms with Crippen LogP contribution in [-0.4, -0.2) is 10.9 Å². The van der Waals surface area contributed by atoms with Gasteiger partial charge in [0.15, 0.2) is 0 Å². The van der Waals surface area contributed by atoms with E-state index >= 15 is 0 Å². The molecule has 0 fully saturated rings. The number of nitrogens with one attached hydrogen (secondary N) is 1. The number of nitrogens with zero attached hydrogens (tertiary/aromatic N) is 1. The van der Waals surface area contributed by atoms with Gasteiger partial charge in [-0.3, -0.25) is 9.78 Å². The summed E-state index contributed by atoms with van der Waals surface area (Å²) in [4.78, 5) is 15.9. The molecule has 4 heteroatoms. The number of hydrogen-bond donors (Lipinski definition) is 1. The van der Waals surface area contributed by atoms with Gasteiger partial charge in [-0.2, -0.15) is 0 Å². The summed E-state index contributed by atoms with van der Waals surface area (Å²) in [6.07, 6.45) is 3.27. The highest BCUT2D eigenvalue weighted by molar-refractivity contribution is 6.17. The number of aromatic nitrogens is 1. The minimum absolute atomic E-state index is 0.162. The van der Waals surface area contributed by atoms with Gasteiger partial charge in [-0.15, -0.1) is 11.6 Å². The predicted octanol–water partition coefficient (Wildman–Crippen LogP) is 3.38. The third-order valence-electron chi connectivity index (χ3n) is 2.50. The number of carbonyl (C=O) groups is 1. The summed E-state index contributed by atoms with van der Waals surface area (Å²) >= 11 is 5.70. The molecule has 0 aliphatic carbocycles. The molecule has 1 amide bonds. The Labute approximate surface area is 111 Å². The molecule has 0 spiro atoms. The van der Waals surface area contributed by atoms with Gasteiger partial charge in [0.1, 0.15) is 0 Å². The minimum Gasteiger partial charge on any atom is -0.322 e. The van der Waals surface area contributed by atoms with E-state index in [2.05, 4.69) is 10.3 Å². The second-order valence-corrected chi connectivity index (χ2v) is 4.30. The van der Waals surface area contributed by atoms with Gasteiger partial charge in [0.05, 0.1) is 5.56 Å². The molecular weight excluding hydrogens is 248 g/mol. The minimum atomic E-state index is -0.162. The number of amides is 1. The molecule has 1 N–H and O–H groups in total. The molecule has 1 heterocycles. The Hall–Kier alpha value is -1.87. The lowest BCUT2D eigenvalue weighted by Crippen LogP contribution is -2.12. The largest absolute Gasteiger partial charge is 0.322 e. The van der Waals surface area contributed by atoms with Gasteiger partial charge in [0.2, 0.25) is 0 Å². The highest BCUT2D eigenvalue weighted by Crippen LogP contribution is 2.12. The van der Waals surface area contributed by atoms with Gasteiger partial charge in [-0.05, 0) is 36.2 Å². The van der Waals surface area contributed by atoms with E-state index in [1.54, 1.807) is 18.5 Å². The van der Waals surface area contributed by atoms with Crippen molar-refractivity contribution in [2.75, 3.05) is 5.32 Å². The van der Waals surface area contributed by atoms with Gasteiger partial charge in [-0.1, -0.05) is 12.1 Å². The Morgan fingerprint density at radius 2 is 2.00 bits per heavy atom. The summed E-state index contributed by atoms with van der Waals surface area (Å²) in [5.41, 5.74) is 3.28. The van der Waals surface area contributed by atoms with Crippen molar-refractivity contribution in [3.8, 4) is 0 Å². The molecule has 0 bridgehead atoms.